The molecule has 0 aromatic heterocycles. The molecule has 0 amide bonds. The van der Waals surface area contributed by atoms with E-state index in [-0.39, 0.29) is 19.0 Å². The fourth-order valence-corrected chi connectivity index (χ4v) is 0.656. The summed E-state index contributed by atoms with van der Waals surface area (Å²) >= 11 is 0. The molecule has 0 saturated carbocycles. The molecular weight excluding hydrogens is 145 g/mol. The summed E-state index contributed by atoms with van der Waals surface area (Å²) < 4.78 is 17.2. The third kappa shape index (κ3) is 2.47. The van der Waals surface area contributed by atoms with Gasteiger partial charge in [-0.1, -0.05) is 0 Å². The highest BCUT2D eigenvalue weighted by molar-refractivity contribution is 5.85. The van der Waals surface area contributed by atoms with Gasteiger partial charge in [-0.3, -0.25) is 4.90 Å². The molecule has 1 rings (SSSR count). The molecule has 0 bridgehead atoms. The van der Waals surface area contributed by atoms with Crippen LogP contribution in [0.2, 0.25) is 0 Å². The molecule has 9 heavy (non-hydrogen) atoms. The first-order valence-corrected chi connectivity index (χ1v) is 2.73. The molecule has 56 valence electrons. The van der Waals surface area contributed by atoms with E-state index in [2.05, 4.69) is 0 Å². The van der Waals surface area contributed by atoms with Crippen LogP contribution < -0.4 is 0 Å². The lowest BCUT2D eigenvalue weighted by molar-refractivity contribution is -0.0498. The third-order valence-corrected chi connectivity index (χ3v) is 1.32. The van der Waals surface area contributed by atoms with Gasteiger partial charge < -0.3 is 4.74 Å². The van der Waals surface area contributed by atoms with Crippen molar-refractivity contribution in [2.75, 3.05) is 26.8 Å². The number of ether oxygens (including phenoxy) is 1. The molecule has 0 N–H and O–H groups in total. The average Bonchev–Trinajstić information content (AvgIpc) is 1.77. The van der Waals surface area contributed by atoms with Crippen molar-refractivity contribution >= 4 is 12.4 Å². The lowest BCUT2D eigenvalue weighted by Crippen LogP contribution is -2.39. The molecule has 1 aliphatic rings. The van der Waals surface area contributed by atoms with Gasteiger partial charge in [-0.25, -0.2) is 4.39 Å². The highest BCUT2D eigenvalue weighted by Gasteiger charge is 2.16. The van der Waals surface area contributed by atoms with E-state index in [1.807, 2.05) is 0 Å². The molecule has 1 saturated heterocycles. The van der Waals surface area contributed by atoms with Crippen LogP contribution in [-0.4, -0.2) is 38.0 Å². The van der Waals surface area contributed by atoms with Crippen LogP contribution in [-0.2, 0) is 4.74 Å². The number of alkyl halides is 1. The summed E-state index contributed by atoms with van der Waals surface area (Å²) in [6.45, 7) is 1.61. The van der Waals surface area contributed by atoms with Crippen LogP contribution in [0.15, 0.2) is 0 Å². The molecule has 1 fully saturated rings. The first kappa shape index (κ1) is 9.14. The molecule has 0 aromatic carbocycles. The van der Waals surface area contributed by atoms with Crippen molar-refractivity contribution in [1.29, 1.82) is 0 Å². The van der Waals surface area contributed by atoms with Crippen LogP contribution in [0.1, 0.15) is 0 Å². The van der Waals surface area contributed by atoms with Gasteiger partial charge in [0.25, 0.3) is 0 Å². The van der Waals surface area contributed by atoms with E-state index >= 15 is 0 Å². The minimum absolute atomic E-state index is 0. The Balaban J connectivity index is 0.000000640. The second-order valence-electron chi connectivity index (χ2n) is 1.99. The fourth-order valence-electron chi connectivity index (χ4n) is 0.656. The number of morpholine rings is 1. The highest BCUT2D eigenvalue weighted by Crippen LogP contribution is 2.03. The van der Waals surface area contributed by atoms with Crippen LogP contribution in [0.3, 0.4) is 0 Å². The van der Waals surface area contributed by atoms with Crippen LogP contribution in [0.25, 0.3) is 0 Å². The van der Waals surface area contributed by atoms with E-state index in [1.54, 1.807) is 11.9 Å². The molecule has 0 spiro atoms. The number of halogens is 2. The topological polar surface area (TPSA) is 12.5 Å². The van der Waals surface area contributed by atoms with Gasteiger partial charge in [-0.15, -0.1) is 12.4 Å². The summed E-state index contributed by atoms with van der Waals surface area (Å²) in [5.41, 5.74) is 0. The first-order chi connectivity index (χ1) is 3.80. The SMILES string of the molecule is CN1CCOC[C@H]1F.Cl. The zero-order chi connectivity index (χ0) is 5.98. The zero-order valence-corrected chi connectivity index (χ0v) is 6.16. The monoisotopic (exact) mass is 155 g/mol. The van der Waals surface area contributed by atoms with E-state index in [9.17, 15) is 4.39 Å². The molecule has 1 aliphatic heterocycles. The van der Waals surface area contributed by atoms with Crippen molar-refractivity contribution in [2.24, 2.45) is 0 Å². The van der Waals surface area contributed by atoms with Gasteiger partial charge in [-0.05, 0) is 7.05 Å². The van der Waals surface area contributed by atoms with Crippen molar-refractivity contribution in [3.05, 3.63) is 0 Å². The molecule has 2 nitrogen and oxygen atoms in total. The first-order valence-electron chi connectivity index (χ1n) is 2.73. The van der Waals surface area contributed by atoms with E-state index < -0.39 is 6.30 Å². The summed E-state index contributed by atoms with van der Waals surface area (Å²) in [7, 11) is 1.76. The number of likely N-dealkylation sites (N-methyl/N-ethyl adjacent to an activating group) is 1. The van der Waals surface area contributed by atoms with Gasteiger partial charge in [0.1, 0.15) is 0 Å². The Kier molecular flexibility index (Phi) is 4.10. The van der Waals surface area contributed by atoms with E-state index in [0.29, 0.717) is 13.2 Å². The number of hydrogen-bond donors (Lipinski definition) is 0. The third-order valence-electron chi connectivity index (χ3n) is 1.32. The van der Waals surface area contributed by atoms with E-state index in [1.165, 1.54) is 0 Å². The van der Waals surface area contributed by atoms with Crippen molar-refractivity contribution in [1.82, 2.24) is 4.90 Å². The normalized spacial score (nSPS) is 29.3. The molecular formula is C5H11ClFNO. The highest BCUT2D eigenvalue weighted by atomic mass is 35.5. The molecule has 0 aliphatic carbocycles. The van der Waals surface area contributed by atoms with Gasteiger partial charge in [-0.2, -0.15) is 0 Å². The Labute approximate surface area is 60.4 Å². The van der Waals surface area contributed by atoms with Gasteiger partial charge in [0.2, 0.25) is 0 Å². The van der Waals surface area contributed by atoms with Crippen molar-refractivity contribution in [3.8, 4) is 0 Å². The molecule has 0 aromatic rings. The lowest BCUT2D eigenvalue weighted by Gasteiger charge is -2.25. The van der Waals surface area contributed by atoms with Crippen LogP contribution in [0.4, 0.5) is 4.39 Å². The summed E-state index contributed by atoms with van der Waals surface area (Å²) in [6, 6.07) is 0. The summed E-state index contributed by atoms with van der Waals surface area (Å²) in [5.74, 6) is 0. The van der Waals surface area contributed by atoms with Gasteiger partial charge in [0.05, 0.1) is 13.2 Å². The second-order valence-corrected chi connectivity index (χ2v) is 1.99. The maximum absolute atomic E-state index is 12.4. The van der Waals surface area contributed by atoms with Gasteiger partial charge in [0, 0.05) is 6.54 Å². The smallest absolute Gasteiger partial charge is 0.177 e. The van der Waals surface area contributed by atoms with Gasteiger partial charge in [0.15, 0.2) is 6.30 Å². The standard InChI is InChI=1S/C5H10FNO.ClH/c1-7-2-3-8-4-5(7)6;/h5H,2-4H2,1H3;1H/t5-;/m0./s1. The Morgan fingerprint density at radius 2 is 2.33 bits per heavy atom. The molecule has 0 radical (unpaired) electrons. The molecule has 4 heteroatoms. The Morgan fingerprint density at radius 3 is 2.67 bits per heavy atom. The maximum Gasteiger partial charge on any atom is 0.177 e. The summed E-state index contributed by atoms with van der Waals surface area (Å²) in [6.07, 6.45) is -0.885. The fraction of sp³-hybridized carbons (Fsp3) is 1.00. The predicted molar refractivity (Wildman–Crippen MR) is 35.6 cm³/mol. The Hall–Kier alpha value is 0.140. The zero-order valence-electron chi connectivity index (χ0n) is 5.34. The molecule has 1 atom stereocenters. The van der Waals surface area contributed by atoms with Crippen molar-refractivity contribution in [2.45, 2.75) is 6.30 Å². The van der Waals surface area contributed by atoms with Gasteiger partial charge >= 0.3 is 0 Å². The molecule has 0 unspecified atom stereocenters. The van der Waals surface area contributed by atoms with Crippen LogP contribution in [0.5, 0.6) is 0 Å². The Bertz CT molecular complexity index is 73.4. The van der Waals surface area contributed by atoms with Crippen LogP contribution >= 0.6 is 12.4 Å². The minimum atomic E-state index is -0.885. The summed E-state index contributed by atoms with van der Waals surface area (Å²) in [5, 5.41) is 0. The Morgan fingerprint density at radius 1 is 1.67 bits per heavy atom. The number of hydrogen-bond acceptors (Lipinski definition) is 2. The summed E-state index contributed by atoms with van der Waals surface area (Å²) in [4.78, 5) is 1.64. The predicted octanol–water partition coefficient (Wildman–Crippen LogP) is 0.666. The van der Waals surface area contributed by atoms with Crippen molar-refractivity contribution in [3.63, 3.8) is 0 Å². The maximum atomic E-state index is 12.4. The van der Waals surface area contributed by atoms with E-state index in [4.69, 9.17) is 4.74 Å². The number of nitrogens with zero attached hydrogens (tertiary/aromatic N) is 1. The lowest BCUT2D eigenvalue weighted by atomic mass is 10.4. The minimum Gasteiger partial charge on any atom is -0.376 e. The quantitative estimate of drug-likeness (QED) is 0.477. The number of rotatable bonds is 0. The largest absolute Gasteiger partial charge is 0.376 e. The average molecular weight is 156 g/mol. The molecule has 1 heterocycles. The van der Waals surface area contributed by atoms with Crippen LogP contribution in [0, 0.1) is 0 Å². The second kappa shape index (κ2) is 4.04. The van der Waals surface area contributed by atoms with Crippen molar-refractivity contribution < 1.29 is 9.13 Å². The van der Waals surface area contributed by atoms with E-state index in [0.717, 1.165) is 0 Å².